The molecule has 5 aromatic rings. The van der Waals surface area contributed by atoms with E-state index < -0.39 is 11.9 Å². The molecule has 0 spiro atoms. The van der Waals surface area contributed by atoms with Crippen molar-refractivity contribution >= 4 is 69.3 Å². The number of aromatic nitrogens is 3. The second kappa shape index (κ2) is 21.6. The van der Waals surface area contributed by atoms with E-state index in [9.17, 15) is 24.0 Å². The number of hydrogen-bond donors (Lipinski definition) is 3. The average molecular weight is 1010 g/mol. The van der Waals surface area contributed by atoms with Gasteiger partial charge in [0.15, 0.2) is 18.2 Å². The molecule has 1 unspecified atom stereocenters. The fraction of sp³-hybridized carbons (Fsp3) is 0.436. The molecule has 0 bridgehead atoms. The van der Waals surface area contributed by atoms with Crippen LogP contribution in [-0.2, 0) is 28.0 Å². The van der Waals surface area contributed by atoms with Gasteiger partial charge in [0.25, 0.3) is 17.4 Å². The van der Waals surface area contributed by atoms with Crippen LogP contribution in [0.4, 0.5) is 23.1 Å². The molecule has 5 aliphatic heterocycles. The van der Waals surface area contributed by atoms with Gasteiger partial charge in [0.1, 0.15) is 11.1 Å². The third-order valence-corrected chi connectivity index (χ3v) is 15.8. The number of amides is 4. The molecule has 5 aliphatic rings. The summed E-state index contributed by atoms with van der Waals surface area (Å²) in [5, 5.41) is 9.36. The molecule has 4 amide bonds. The zero-order chi connectivity index (χ0) is 50.8. The van der Waals surface area contributed by atoms with Crippen molar-refractivity contribution in [3.8, 4) is 17.6 Å². The van der Waals surface area contributed by atoms with Crippen LogP contribution < -0.4 is 36.0 Å². The van der Waals surface area contributed by atoms with Gasteiger partial charge in [0.2, 0.25) is 17.8 Å². The Kier molecular flexibility index (Phi) is 14.7. The number of fused-ring (bicyclic) bond motifs is 2. The van der Waals surface area contributed by atoms with Crippen molar-refractivity contribution in [1.29, 1.82) is 0 Å². The van der Waals surface area contributed by atoms with Crippen LogP contribution in [0, 0.1) is 17.8 Å². The Bertz CT molecular complexity index is 3040. The Labute approximate surface area is 430 Å². The van der Waals surface area contributed by atoms with E-state index in [1.807, 2.05) is 30.3 Å². The van der Waals surface area contributed by atoms with E-state index in [1.54, 1.807) is 30.3 Å². The maximum atomic E-state index is 13.1. The van der Waals surface area contributed by atoms with Crippen LogP contribution in [0.25, 0.3) is 10.9 Å². The minimum absolute atomic E-state index is 0.0905. The number of nitrogens with one attached hydrogen (secondary N) is 3. The first-order chi connectivity index (χ1) is 35.4. The van der Waals surface area contributed by atoms with Crippen molar-refractivity contribution in [3.05, 3.63) is 111 Å². The molecule has 0 aliphatic carbocycles. The Balaban J connectivity index is 0.651. The summed E-state index contributed by atoms with van der Waals surface area (Å²) in [6.45, 7) is 7.32. The van der Waals surface area contributed by atoms with E-state index in [2.05, 4.69) is 83.7 Å². The van der Waals surface area contributed by atoms with Crippen LogP contribution >= 0.6 is 11.6 Å². The fourth-order valence-corrected chi connectivity index (χ4v) is 11.3. The minimum Gasteiger partial charge on any atom is -0.478 e. The van der Waals surface area contributed by atoms with Gasteiger partial charge in [0.05, 0.1) is 11.7 Å². The van der Waals surface area contributed by atoms with Gasteiger partial charge in [-0.25, -0.2) is 4.98 Å². The molecule has 18 heteroatoms. The van der Waals surface area contributed by atoms with Crippen molar-refractivity contribution < 1.29 is 23.9 Å². The van der Waals surface area contributed by atoms with Crippen LogP contribution in [0.2, 0.25) is 5.02 Å². The third-order valence-electron chi connectivity index (χ3n) is 15.5. The molecule has 3 aromatic carbocycles. The third kappa shape index (κ3) is 11.0. The molecule has 73 heavy (non-hydrogen) atoms. The predicted octanol–water partition coefficient (Wildman–Crippen LogP) is 5.29. The number of anilines is 4. The molecule has 0 radical (unpaired) electrons. The number of aryl methyl sites for hydroxylation is 1. The topological polar surface area (TPSA) is 178 Å². The smallest absolute Gasteiger partial charge is 0.293 e. The lowest BCUT2D eigenvalue weighted by Gasteiger charge is -2.44. The minimum atomic E-state index is -0.632. The summed E-state index contributed by atoms with van der Waals surface area (Å²) in [4.78, 5) is 82.9. The largest absolute Gasteiger partial charge is 0.478 e. The first-order valence-electron chi connectivity index (χ1n) is 25.5. The molecular weight excluding hydrogens is 946 g/mol. The summed E-state index contributed by atoms with van der Waals surface area (Å²) >= 11 is 6.62. The van der Waals surface area contributed by atoms with E-state index in [0.717, 1.165) is 85.4 Å². The number of rotatable bonds is 12. The lowest BCUT2D eigenvalue weighted by atomic mass is 9.93. The van der Waals surface area contributed by atoms with Gasteiger partial charge in [-0.1, -0.05) is 23.4 Å². The number of ether oxygens (including phenoxy) is 1. The van der Waals surface area contributed by atoms with Crippen LogP contribution in [0.3, 0.4) is 0 Å². The zero-order valence-electron chi connectivity index (χ0n) is 41.7. The number of likely N-dealkylation sites (tertiary alicyclic amines) is 1. The average Bonchev–Trinajstić information content (AvgIpc) is 3.74. The van der Waals surface area contributed by atoms with Gasteiger partial charge >= 0.3 is 0 Å². The first-order valence-corrected chi connectivity index (χ1v) is 25.9. The molecular formula is C55H62ClN11O6. The van der Waals surface area contributed by atoms with Crippen molar-refractivity contribution in [1.82, 2.24) is 39.9 Å². The Morgan fingerprint density at radius 2 is 1.55 bits per heavy atom. The molecule has 10 rings (SSSR count). The van der Waals surface area contributed by atoms with Gasteiger partial charge in [-0.05, 0) is 143 Å². The highest BCUT2D eigenvalue weighted by Crippen LogP contribution is 2.32. The molecule has 380 valence electrons. The second-order valence-corrected chi connectivity index (χ2v) is 20.4. The fourth-order valence-electron chi connectivity index (χ4n) is 11.2. The SMILES string of the molecule is CNC(=O)COc1cc2cc(Nc3nc(N4CCC(N(C)C5CCN(CC6CCN(c7ccc(C#Cc8ccc9c(c8)CN(C8CCC(=O)NC8=O)C9=O)cc7)CC6)CC5)CC4)ncc3Cl)ccc2n(C)c1=O. The normalized spacial score (nSPS) is 19.2. The lowest BCUT2D eigenvalue weighted by molar-refractivity contribution is -0.137. The zero-order valence-corrected chi connectivity index (χ0v) is 42.4. The summed E-state index contributed by atoms with van der Waals surface area (Å²) in [7, 11) is 5.50. The number of pyridine rings is 1. The molecule has 2 aromatic heterocycles. The highest BCUT2D eigenvalue weighted by atomic mass is 35.5. The number of nitrogens with zero attached hydrogens (tertiary/aromatic N) is 8. The predicted molar refractivity (Wildman–Crippen MR) is 281 cm³/mol. The highest BCUT2D eigenvalue weighted by molar-refractivity contribution is 6.33. The standard InChI is InChI=1S/C55H62ClN11O6/c1-57-50(69)34-73-48-30-38-29-40(9-13-46(38)63(3)54(48)72)59-51-45(56)31-58-55(61-51)66-26-20-42(21-27-66)62(2)41-18-22-64(23-19-41)32-37-16-24-65(25-17-37)43-10-6-35(7-11-43)4-5-36-8-12-44-39(28-36)33-67(53(44)71)47-14-15-49(68)60-52(47)70/h6-13,28-31,37,41-42,47H,14-27,32-34H2,1-3H3,(H,57,69)(H,58,59,61)(H,60,68,70). The molecule has 1 atom stereocenters. The van der Waals surface area contributed by atoms with Crippen LogP contribution in [0.5, 0.6) is 5.75 Å². The van der Waals surface area contributed by atoms with Crippen molar-refractivity contribution in [2.75, 3.05) is 81.6 Å². The maximum Gasteiger partial charge on any atom is 0.293 e. The monoisotopic (exact) mass is 1010 g/mol. The number of hydrogen-bond acceptors (Lipinski definition) is 13. The molecule has 7 heterocycles. The first kappa shape index (κ1) is 49.6. The molecule has 0 saturated carbocycles. The maximum absolute atomic E-state index is 13.1. The second-order valence-electron chi connectivity index (χ2n) is 20.0. The van der Waals surface area contributed by atoms with E-state index in [1.165, 1.54) is 49.5 Å². The quantitative estimate of drug-likeness (QED) is 0.109. The van der Waals surface area contributed by atoms with Gasteiger partial charge < -0.3 is 44.4 Å². The summed E-state index contributed by atoms with van der Waals surface area (Å²) in [6, 6.07) is 21.8. The van der Waals surface area contributed by atoms with E-state index in [-0.39, 0.29) is 42.1 Å². The molecule has 4 saturated heterocycles. The van der Waals surface area contributed by atoms with Crippen molar-refractivity contribution in [2.24, 2.45) is 13.0 Å². The number of carbonyl (C=O) groups is 4. The van der Waals surface area contributed by atoms with Crippen LogP contribution in [0.15, 0.2) is 77.7 Å². The van der Waals surface area contributed by atoms with Crippen LogP contribution in [-0.4, -0.2) is 138 Å². The Hall–Kier alpha value is -7.00. The molecule has 4 fully saturated rings. The van der Waals surface area contributed by atoms with Gasteiger partial charge in [-0.15, -0.1) is 0 Å². The van der Waals surface area contributed by atoms with Crippen LogP contribution in [0.1, 0.15) is 78.4 Å². The number of benzene rings is 3. The number of imide groups is 1. The number of halogens is 1. The van der Waals surface area contributed by atoms with Gasteiger partial charge in [-0.2, -0.15) is 4.98 Å². The number of likely N-dealkylation sites (N-methyl/N-ethyl adjacent to an activating group) is 1. The summed E-state index contributed by atoms with van der Waals surface area (Å²) < 4.78 is 7.04. The number of carbonyl (C=O) groups excluding carboxylic acids is 4. The lowest BCUT2D eigenvalue weighted by Crippen LogP contribution is -2.52. The van der Waals surface area contributed by atoms with E-state index in [4.69, 9.17) is 21.3 Å². The van der Waals surface area contributed by atoms with Gasteiger partial charge in [-0.3, -0.25) is 29.3 Å². The molecule has 3 N–H and O–H groups in total. The van der Waals surface area contributed by atoms with Crippen molar-refractivity contribution in [3.63, 3.8) is 0 Å². The Morgan fingerprint density at radius 1 is 0.849 bits per heavy atom. The molecule has 17 nitrogen and oxygen atoms in total. The van der Waals surface area contributed by atoms with Crippen molar-refractivity contribution in [2.45, 2.75) is 76.0 Å². The Morgan fingerprint density at radius 3 is 2.27 bits per heavy atom. The number of piperidine rings is 4. The van der Waals surface area contributed by atoms with E-state index >= 15 is 0 Å². The van der Waals surface area contributed by atoms with E-state index in [0.29, 0.717) is 53.3 Å². The van der Waals surface area contributed by atoms with Gasteiger partial charge in [0, 0.05) is 105 Å². The summed E-state index contributed by atoms with van der Waals surface area (Å²) in [5.74, 6) is 7.26. The summed E-state index contributed by atoms with van der Waals surface area (Å²) in [5.41, 5.74) is 5.52. The highest BCUT2D eigenvalue weighted by Gasteiger charge is 2.39. The summed E-state index contributed by atoms with van der Waals surface area (Å²) in [6.07, 6.45) is 9.01.